The van der Waals surface area contributed by atoms with E-state index in [1.165, 1.54) is 0 Å². The van der Waals surface area contributed by atoms with Crippen molar-refractivity contribution in [2.24, 2.45) is 0 Å². The largest absolute Gasteiger partial charge is 0.459 e. The van der Waals surface area contributed by atoms with Crippen molar-refractivity contribution in [3.05, 3.63) is 77.9 Å². The van der Waals surface area contributed by atoms with Gasteiger partial charge in [-0.15, -0.1) is 0 Å². The minimum Gasteiger partial charge on any atom is -0.459 e. The zero-order valence-electron chi connectivity index (χ0n) is 17.8. The van der Waals surface area contributed by atoms with Gasteiger partial charge in [-0.3, -0.25) is 4.84 Å². The molecule has 4 nitrogen and oxygen atoms in total. The van der Waals surface area contributed by atoms with E-state index in [1.54, 1.807) is 12.1 Å². The Morgan fingerprint density at radius 1 is 0.966 bits per heavy atom. The van der Waals surface area contributed by atoms with Gasteiger partial charge in [0.25, 0.3) is 0 Å². The van der Waals surface area contributed by atoms with Gasteiger partial charge in [-0.2, -0.15) is 5.06 Å². The molecular weight excluding hydrogens is 362 g/mol. The van der Waals surface area contributed by atoms with Crippen molar-refractivity contribution in [1.29, 1.82) is 0 Å². The molecule has 29 heavy (non-hydrogen) atoms. The molecule has 0 saturated carbocycles. The summed E-state index contributed by atoms with van der Waals surface area (Å²) in [5, 5.41) is 2.07. The normalized spacial score (nSPS) is 19.3. The summed E-state index contributed by atoms with van der Waals surface area (Å²) in [4.78, 5) is 18.7. The van der Waals surface area contributed by atoms with Crippen molar-refractivity contribution in [3.8, 4) is 0 Å². The molecule has 0 unspecified atom stereocenters. The molecule has 4 heteroatoms. The highest BCUT2D eigenvalue weighted by atomic mass is 16.7. The standard InChI is InChI=1S/C25H31NO3/c1-24(2)18-22(29-23(27)21-15-9-6-10-16-21)19-25(3,4)26(24)28-17-11-14-20-12-7-5-8-13-20/h5-16,22H,17-19H2,1-4H3. The van der Waals surface area contributed by atoms with E-state index >= 15 is 0 Å². The average molecular weight is 394 g/mol. The molecule has 0 bridgehead atoms. The van der Waals surface area contributed by atoms with Crippen molar-refractivity contribution >= 4 is 12.0 Å². The quantitative estimate of drug-likeness (QED) is 0.607. The van der Waals surface area contributed by atoms with Gasteiger partial charge in [-0.25, -0.2) is 4.79 Å². The Bertz CT molecular complexity index is 810. The van der Waals surface area contributed by atoms with Crippen LogP contribution in [-0.4, -0.2) is 34.8 Å². The number of carbonyl (C=O) groups excluding carboxylic acids is 1. The van der Waals surface area contributed by atoms with Crippen molar-refractivity contribution in [2.45, 2.75) is 57.7 Å². The second kappa shape index (κ2) is 8.93. The number of nitrogens with zero attached hydrogens (tertiary/aromatic N) is 1. The summed E-state index contributed by atoms with van der Waals surface area (Å²) >= 11 is 0. The Kier molecular flexibility index (Phi) is 6.56. The maximum atomic E-state index is 12.5. The van der Waals surface area contributed by atoms with Crippen molar-refractivity contribution in [1.82, 2.24) is 5.06 Å². The highest BCUT2D eigenvalue weighted by Crippen LogP contribution is 2.40. The van der Waals surface area contributed by atoms with Crippen LogP contribution in [0.25, 0.3) is 6.08 Å². The maximum Gasteiger partial charge on any atom is 0.338 e. The zero-order valence-corrected chi connectivity index (χ0v) is 17.8. The number of hydrogen-bond acceptors (Lipinski definition) is 4. The summed E-state index contributed by atoms with van der Waals surface area (Å²) in [5.41, 5.74) is 1.22. The predicted molar refractivity (Wildman–Crippen MR) is 116 cm³/mol. The summed E-state index contributed by atoms with van der Waals surface area (Å²) in [7, 11) is 0. The van der Waals surface area contributed by atoms with E-state index < -0.39 is 0 Å². The fourth-order valence-electron chi connectivity index (χ4n) is 4.26. The first-order chi connectivity index (χ1) is 13.8. The number of rotatable bonds is 6. The fourth-order valence-corrected chi connectivity index (χ4v) is 4.26. The first-order valence-electron chi connectivity index (χ1n) is 10.2. The Morgan fingerprint density at radius 2 is 1.52 bits per heavy atom. The molecule has 2 aromatic carbocycles. The van der Waals surface area contributed by atoms with Gasteiger partial charge >= 0.3 is 5.97 Å². The summed E-state index contributed by atoms with van der Waals surface area (Å²) in [6.45, 7) is 9.04. The molecule has 0 amide bonds. The van der Waals surface area contributed by atoms with Gasteiger partial charge in [0.2, 0.25) is 0 Å². The Morgan fingerprint density at radius 3 is 2.10 bits per heavy atom. The van der Waals surface area contributed by atoms with Crippen LogP contribution in [0.15, 0.2) is 66.7 Å². The summed E-state index contributed by atoms with van der Waals surface area (Å²) in [6, 6.07) is 19.4. The van der Waals surface area contributed by atoms with Crippen molar-refractivity contribution in [2.75, 3.05) is 6.61 Å². The summed E-state index contributed by atoms with van der Waals surface area (Å²) in [6.07, 6.45) is 5.39. The highest BCUT2D eigenvalue weighted by molar-refractivity contribution is 5.89. The molecule has 0 N–H and O–H groups in total. The van der Waals surface area contributed by atoms with Crippen LogP contribution in [0, 0.1) is 0 Å². The smallest absolute Gasteiger partial charge is 0.338 e. The molecule has 1 aliphatic heterocycles. The molecule has 0 radical (unpaired) electrons. The number of esters is 1. The van der Waals surface area contributed by atoms with E-state index in [0.29, 0.717) is 12.2 Å². The number of hydroxylamine groups is 2. The van der Waals surface area contributed by atoms with Gasteiger partial charge in [-0.05, 0) is 45.4 Å². The minimum absolute atomic E-state index is 0.146. The number of hydrogen-bond donors (Lipinski definition) is 0. The first-order valence-corrected chi connectivity index (χ1v) is 10.2. The van der Waals surface area contributed by atoms with Crippen LogP contribution in [0.1, 0.15) is 56.5 Å². The lowest BCUT2D eigenvalue weighted by Crippen LogP contribution is -2.62. The Balaban J connectivity index is 1.61. The lowest BCUT2D eigenvalue weighted by molar-refractivity contribution is -0.285. The fraction of sp³-hybridized carbons (Fsp3) is 0.400. The van der Waals surface area contributed by atoms with E-state index in [0.717, 1.165) is 18.4 Å². The molecule has 154 valence electrons. The Hall–Kier alpha value is -2.43. The minimum atomic E-state index is -0.262. The van der Waals surface area contributed by atoms with E-state index in [1.807, 2.05) is 42.5 Å². The van der Waals surface area contributed by atoms with Crippen LogP contribution in [0.4, 0.5) is 0 Å². The SMILES string of the molecule is CC1(C)CC(OC(=O)c2ccccc2)CC(C)(C)N1OCC=Cc1ccccc1. The number of ether oxygens (including phenoxy) is 1. The molecular formula is C25H31NO3. The summed E-state index contributed by atoms with van der Waals surface area (Å²) < 4.78 is 5.85. The number of piperidine rings is 1. The van der Waals surface area contributed by atoms with Crippen LogP contribution in [0.3, 0.4) is 0 Å². The monoisotopic (exact) mass is 393 g/mol. The van der Waals surface area contributed by atoms with Gasteiger partial charge in [0.1, 0.15) is 6.10 Å². The lowest BCUT2D eigenvalue weighted by Gasteiger charge is -2.53. The average Bonchev–Trinajstić information content (AvgIpc) is 2.67. The van der Waals surface area contributed by atoms with E-state index in [4.69, 9.17) is 9.57 Å². The zero-order chi connectivity index (χ0) is 20.9. The van der Waals surface area contributed by atoms with E-state index in [-0.39, 0.29) is 23.2 Å². The molecule has 0 aliphatic carbocycles. The molecule has 0 atom stereocenters. The van der Waals surface area contributed by atoms with Gasteiger partial charge in [0.05, 0.1) is 12.2 Å². The van der Waals surface area contributed by atoms with Crippen LogP contribution < -0.4 is 0 Å². The third kappa shape index (κ3) is 5.55. The lowest BCUT2D eigenvalue weighted by atomic mass is 9.80. The van der Waals surface area contributed by atoms with Gasteiger partial charge in [0, 0.05) is 23.9 Å². The number of carbonyl (C=O) groups is 1. The topological polar surface area (TPSA) is 38.8 Å². The molecule has 2 aromatic rings. The second-order valence-corrected chi connectivity index (χ2v) is 8.83. The molecule has 3 rings (SSSR count). The van der Waals surface area contributed by atoms with Crippen LogP contribution in [-0.2, 0) is 9.57 Å². The van der Waals surface area contributed by atoms with Crippen molar-refractivity contribution < 1.29 is 14.4 Å². The molecule has 0 spiro atoms. The van der Waals surface area contributed by atoms with Crippen LogP contribution in [0.5, 0.6) is 0 Å². The Labute approximate surface area is 174 Å². The van der Waals surface area contributed by atoms with Crippen molar-refractivity contribution in [3.63, 3.8) is 0 Å². The molecule has 0 aromatic heterocycles. The second-order valence-electron chi connectivity index (χ2n) is 8.83. The maximum absolute atomic E-state index is 12.5. The molecule has 1 saturated heterocycles. The van der Waals surface area contributed by atoms with E-state index in [9.17, 15) is 4.79 Å². The molecule has 1 fully saturated rings. The molecule has 1 aliphatic rings. The number of benzene rings is 2. The molecule has 1 heterocycles. The van der Waals surface area contributed by atoms with E-state index in [2.05, 4.69) is 51.0 Å². The third-order valence-electron chi connectivity index (χ3n) is 5.25. The third-order valence-corrected chi connectivity index (χ3v) is 5.25. The van der Waals surface area contributed by atoms with Gasteiger partial charge in [0.15, 0.2) is 0 Å². The predicted octanol–water partition coefficient (Wildman–Crippen LogP) is 5.51. The van der Waals surface area contributed by atoms with Crippen LogP contribution >= 0.6 is 0 Å². The highest BCUT2D eigenvalue weighted by Gasteiger charge is 2.47. The summed E-state index contributed by atoms with van der Waals surface area (Å²) in [5.74, 6) is -0.262. The first kappa shape index (κ1) is 21.3. The van der Waals surface area contributed by atoms with Gasteiger partial charge < -0.3 is 4.74 Å². The van der Waals surface area contributed by atoms with Gasteiger partial charge in [-0.1, -0.05) is 60.7 Å². The van der Waals surface area contributed by atoms with Crippen LogP contribution in [0.2, 0.25) is 0 Å².